The molecule has 9 heteroatoms. The third-order valence-corrected chi connectivity index (χ3v) is 9.74. The van der Waals surface area contributed by atoms with E-state index in [2.05, 4.69) is 24.1 Å². The Morgan fingerprint density at radius 3 is 2.61 bits per heavy atom. The van der Waals surface area contributed by atoms with E-state index in [9.17, 15) is 19.8 Å². The molecule has 0 aromatic carbocycles. The summed E-state index contributed by atoms with van der Waals surface area (Å²) in [5.41, 5.74) is 0.820. The first kappa shape index (κ1) is 32.4. The molecule has 2 saturated heterocycles. The Balaban J connectivity index is 0.959. The fourth-order valence-electron chi connectivity index (χ4n) is 7.16. The van der Waals surface area contributed by atoms with E-state index in [0.29, 0.717) is 63.4 Å². The van der Waals surface area contributed by atoms with Crippen molar-refractivity contribution in [2.75, 3.05) is 13.2 Å². The molecule has 0 spiro atoms. The van der Waals surface area contributed by atoms with Gasteiger partial charge < -0.3 is 35.1 Å². The number of carbonyl (C=O) groups excluding carboxylic acids is 2. The minimum Gasteiger partial charge on any atom is -0.388 e. The highest BCUT2D eigenvalue weighted by molar-refractivity contribution is 5.81. The minimum atomic E-state index is -0.881. The average Bonchev–Trinajstić information content (AvgIpc) is 3.58. The lowest BCUT2D eigenvalue weighted by Crippen LogP contribution is -2.40. The van der Waals surface area contributed by atoms with Crippen molar-refractivity contribution in [1.29, 1.82) is 0 Å². The van der Waals surface area contributed by atoms with Crippen LogP contribution in [0.15, 0.2) is 12.3 Å². The van der Waals surface area contributed by atoms with Crippen LogP contribution in [0.5, 0.6) is 0 Å². The third-order valence-electron chi connectivity index (χ3n) is 9.74. The van der Waals surface area contributed by atoms with Crippen molar-refractivity contribution in [3.05, 3.63) is 12.3 Å². The zero-order chi connectivity index (χ0) is 29.4. The van der Waals surface area contributed by atoms with Crippen molar-refractivity contribution in [1.82, 2.24) is 10.6 Å². The van der Waals surface area contributed by atoms with Gasteiger partial charge in [-0.15, -0.1) is 0 Å². The second-order valence-corrected chi connectivity index (χ2v) is 12.9. The lowest BCUT2D eigenvalue weighted by molar-refractivity contribution is -0.285. The molecule has 234 valence electrons. The molecular formula is C32H54N2O7. The summed E-state index contributed by atoms with van der Waals surface area (Å²) in [6, 6.07) is -0.269. The number of allylic oxidation sites excluding steroid dienone is 1. The van der Waals surface area contributed by atoms with Gasteiger partial charge in [-0.1, -0.05) is 26.3 Å². The van der Waals surface area contributed by atoms with Gasteiger partial charge in [-0.3, -0.25) is 9.59 Å². The summed E-state index contributed by atoms with van der Waals surface area (Å²) < 4.78 is 17.1. The lowest BCUT2D eigenvalue weighted by atomic mass is 9.90. The molecule has 4 N–H and O–H groups in total. The van der Waals surface area contributed by atoms with Crippen LogP contribution in [-0.4, -0.2) is 72.0 Å². The van der Waals surface area contributed by atoms with Gasteiger partial charge in [0.05, 0.1) is 18.2 Å². The van der Waals surface area contributed by atoms with Crippen molar-refractivity contribution in [3.8, 4) is 0 Å². The fourth-order valence-corrected chi connectivity index (χ4v) is 7.16. The SMILES string of the molecule is C=C(CCCCOC1OC(O)CCC1O)NC(CCCCNC(=O)CCCCCC1OC2CC3C2C3C1C)C(C)=O. The molecule has 0 bridgehead atoms. The van der Waals surface area contributed by atoms with Gasteiger partial charge in [0.15, 0.2) is 18.4 Å². The number of ketones is 1. The highest BCUT2D eigenvalue weighted by Gasteiger charge is 2.69. The Labute approximate surface area is 246 Å². The molecule has 1 amide bonds. The number of fused-ring (bicyclic) bond motifs is 1. The predicted octanol–water partition coefficient (Wildman–Crippen LogP) is 3.96. The van der Waals surface area contributed by atoms with E-state index in [1.54, 1.807) is 6.92 Å². The van der Waals surface area contributed by atoms with Crippen LogP contribution in [0.1, 0.15) is 104 Å². The van der Waals surface area contributed by atoms with E-state index in [1.807, 2.05) is 0 Å². The van der Waals surface area contributed by atoms with E-state index >= 15 is 0 Å². The van der Waals surface area contributed by atoms with Crippen molar-refractivity contribution in [3.63, 3.8) is 0 Å². The summed E-state index contributed by atoms with van der Waals surface area (Å²) >= 11 is 0. The molecule has 41 heavy (non-hydrogen) atoms. The number of nitrogens with one attached hydrogen (secondary N) is 2. The maximum atomic E-state index is 12.2. The van der Waals surface area contributed by atoms with Crippen LogP contribution in [0.4, 0.5) is 0 Å². The normalized spacial score (nSPS) is 34.2. The number of hydrogen-bond acceptors (Lipinski definition) is 8. The smallest absolute Gasteiger partial charge is 0.219 e. The first-order valence-corrected chi connectivity index (χ1v) is 16.2. The van der Waals surface area contributed by atoms with Gasteiger partial charge in [0.25, 0.3) is 0 Å². The number of aliphatic hydroxyl groups excluding tert-OH is 2. The predicted molar refractivity (Wildman–Crippen MR) is 156 cm³/mol. The molecular weight excluding hydrogens is 524 g/mol. The second-order valence-electron chi connectivity index (χ2n) is 12.9. The quantitative estimate of drug-likeness (QED) is 0.160. The van der Waals surface area contributed by atoms with Gasteiger partial charge in [-0.05, 0) is 94.8 Å². The Hall–Kier alpha value is -1.52. The standard InChI is InChI=1S/C32H54N2O7/c1-20(11-8-10-18-39-32-25(36)15-16-29(38)41-32)34-24(22(3)35)12-7-9-17-33-28(37)14-6-4-5-13-26-21(2)30-23-19-27(40-26)31(23)30/h21,23-27,29-32,34,36,38H,1,4-19H2,2-3H3,(H,33,37). The van der Waals surface area contributed by atoms with Crippen LogP contribution in [0.3, 0.4) is 0 Å². The van der Waals surface area contributed by atoms with Crippen molar-refractivity contribution >= 4 is 11.7 Å². The fraction of sp³-hybridized carbons (Fsp3) is 0.875. The first-order chi connectivity index (χ1) is 19.7. The van der Waals surface area contributed by atoms with Gasteiger partial charge in [0.2, 0.25) is 5.91 Å². The summed E-state index contributed by atoms with van der Waals surface area (Å²) in [6.45, 7) is 9.09. The third kappa shape index (κ3) is 9.48. The summed E-state index contributed by atoms with van der Waals surface area (Å²) in [6.07, 6.45) is 10.3. The van der Waals surface area contributed by atoms with Gasteiger partial charge >= 0.3 is 0 Å². The topological polar surface area (TPSA) is 126 Å². The Morgan fingerprint density at radius 1 is 1.00 bits per heavy atom. The highest BCUT2D eigenvalue weighted by Crippen LogP contribution is 2.69. The van der Waals surface area contributed by atoms with E-state index < -0.39 is 18.7 Å². The van der Waals surface area contributed by atoms with Crippen LogP contribution < -0.4 is 10.6 Å². The van der Waals surface area contributed by atoms with E-state index in [1.165, 1.54) is 6.42 Å². The van der Waals surface area contributed by atoms with Crippen molar-refractivity contribution in [2.24, 2.45) is 23.7 Å². The van der Waals surface area contributed by atoms with Gasteiger partial charge in [0.1, 0.15) is 6.10 Å². The van der Waals surface area contributed by atoms with E-state index in [4.69, 9.17) is 14.2 Å². The van der Waals surface area contributed by atoms with Crippen LogP contribution in [0.2, 0.25) is 0 Å². The first-order valence-electron chi connectivity index (χ1n) is 16.2. The Bertz CT molecular complexity index is 869. The number of hydrogen-bond donors (Lipinski definition) is 4. The number of rotatable bonds is 20. The van der Waals surface area contributed by atoms with E-state index in [-0.39, 0.29) is 17.7 Å². The lowest BCUT2D eigenvalue weighted by Gasteiger charge is -2.35. The number of unbranched alkanes of at least 4 members (excludes halogenated alkanes) is 4. The minimum absolute atomic E-state index is 0.0856. The number of ether oxygens (including phenoxy) is 3. The molecule has 4 rings (SSSR count). The Morgan fingerprint density at radius 2 is 1.80 bits per heavy atom. The van der Waals surface area contributed by atoms with Gasteiger partial charge in [-0.25, -0.2) is 0 Å². The molecule has 0 radical (unpaired) electrons. The van der Waals surface area contributed by atoms with Crippen LogP contribution in [-0.2, 0) is 23.8 Å². The van der Waals surface area contributed by atoms with Crippen LogP contribution in [0.25, 0.3) is 0 Å². The van der Waals surface area contributed by atoms with Crippen molar-refractivity contribution < 1.29 is 34.0 Å². The molecule has 10 atom stereocenters. The zero-order valence-corrected chi connectivity index (χ0v) is 25.2. The van der Waals surface area contributed by atoms with Crippen molar-refractivity contribution in [2.45, 2.75) is 141 Å². The van der Waals surface area contributed by atoms with Gasteiger partial charge in [-0.2, -0.15) is 0 Å². The molecule has 0 aromatic rings. The highest BCUT2D eigenvalue weighted by atomic mass is 16.7. The monoisotopic (exact) mass is 578 g/mol. The van der Waals surface area contributed by atoms with E-state index in [0.717, 1.165) is 74.8 Å². The van der Waals surface area contributed by atoms with Crippen LogP contribution in [0, 0.1) is 23.7 Å². The molecule has 4 aliphatic rings. The Kier molecular flexibility index (Phi) is 12.5. The zero-order valence-electron chi connectivity index (χ0n) is 25.2. The molecule has 0 aromatic heterocycles. The second kappa shape index (κ2) is 15.8. The summed E-state index contributed by atoms with van der Waals surface area (Å²) in [7, 11) is 0. The summed E-state index contributed by atoms with van der Waals surface area (Å²) in [5.74, 6) is 3.73. The number of Topliss-reactive ketones (excluding diaryl/α,β-unsaturated/α-hetero) is 1. The molecule has 2 aliphatic carbocycles. The largest absolute Gasteiger partial charge is 0.388 e. The molecule has 9 nitrogen and oxygen atoms in total. The van der Waals surface area contributed by atoms with Gasteiger partial charge in [0, 0.05) is 31.7 Å². The maximum Gasteiger partial charge on any atom is 0.219 e. The summed E-state index contributed by atoms with van der Waals surface area (Å²) in [5, 5.41) is 25.7. The number of aliphatic hydroxyl groups is 2. The molecule has 10 unspecified atom stereocenters. The number of amides is 1. The molecule has 2 heterocycles. The summed E-state index contributed by atoms with van der Waals surface area (Å²) in [4.78, 5) is 24.3. The molecule has 2 aliphatic heterocycles. The molecule has 4 fully saturated rings. The molecule has 2 saturated carbocycles. The van der Waals surface area contributed by atoms with Crippen LogP contribution >= 0.6 is 0 Å². The maximum absolute atomic E-state index is 12.2. The number of carbonyl (C=O) groups is 2. The average molecular weight is 579 g/mol.